The van der Waals surface area contributed by atoms with Gasteiger partial charge in [0, 0.05) is 22.4 Å². The molecule has 15 rings (SSSR count). The standard InChI is InChI=1S/C71H50N6Si2/c1-8-26-51(27-9-1)70-73-68(75-63-42-24-22-40-60(63)61-41-23-25-43-64(61)75)50-69(74-70)77-65-47-45-59(79(55-34-16-5-17-35-55,56-36-18-6-19-37-56)57-38-20-7-21-39-57)49-67(65)76-66-48-58(44-46-62(66)72-71(76)77)78(52-28-10-2-11-29-52,53-30-12-3-13-31-53)54-32-14-4-15-33-54/h1-50H. The lowest BCUT2D eigenvalue weighted by molar-refractivity contribution is 0.980. The van der Waals surface area contributed by atoms with Crippen LogP contribution in [0.2, 0.25) is 0 Å². The van der Waals surface area contributed by atoms with Crippen LogP contribution in [-0.2, 0) is 0 Å². The molecule has 8 heteroatoms. The van der Waals surface area contributed by atoms with E-state index in [-0.39, 0.29) is 0 Å². The second-order valence-electron chi connectivity index (χ2n) is 20.3. The Labute approximate surface area is 459 Å². The topological polar surface area (TPSA) is 52.9 Å². The second kappa shape index (κ2) is 18.9. The lowest BCUT2D eigenvalue weighted by atomic mass is 10.2. The second-order valence-corrected chi connectivity index (χ2v) is 27.9. The number of hydrogen-bond donors (Lipinski definition) is 0. The van der Waals surface area contributed by atoms with Gasteiger partial charge in [-0.3, -0.25) is 13.5 Å². The molecular formula is C71H50N6Si2. The first kappa shape index (κ1) is 46.3. The molecule has 0 aliphatic heterocycles. The van der Waals surface area contributed by atoms with E-state index in [4.69, 9.17) is 15.0 Å². The molecule has 0 saturated carbocycles. The van der Waals surface area contributed by atoms with E-state index in [1.165, 1.54) is 52.3 Å². The molecule has 0 saturated heterocycles. The van der Waals surface area contributed by atoms with Crippen LogP contribution in [0, 0.1) is 0 Å². The zero-order valence-electron chi connectivity index (χ0n) is 43.1. The van der Waals surface area contributed by atoms with Crippen molar-refractivity contribution in [2.45, 2.75) is 0 Å². The van der Waals surface area contributed by atoms with Gasteiger partial charge in [-0.25, -0.2) is 15.0 Å². The summed E-state index contributed by atoms with van der Waals surface area (Å²) in [6, 6.07) is 111. The van der Waals surface area contributed by atoms with Crippen LogP contribution in [0.25, 0.3) is 72.7 Å². The molecule has 372 valence electrons. The maximum Gasteiger partial charge on any atom is 0.221 e. The first-order valence-electron chi connectivity index (χ1n) is 26.9. The van der Waals surface area contributed by atoms with Crippen LogP contribution in [-0.4, -0.2) is 44.6 Å². The quantitative estimate of drug-likeness (QED) is 0.0958. The van der Waals surface area contributed by atoms with E-state index in [0.29, 0.717) is 11.6 Å². The zero-order valence-corrected chi connectivity index (χ0v) is 45.1. The van der Waals surface area contributed by atoms with Gasteiger partial charge in [0.2, 0.25) is 5.78 Å². The average Bonchev–Trinajstić information content (AvgIpc) is 4.35. The fourth-order valence-corrected chi connectivity index (χ4v) is 22.3. The number of rotatable bonds is 11. The highest BCUT2D eigenvalue weighted by molar-refractivity contribution is 7.20. The Kier molecular flexibility index (Phi) is 11.1. The van der Waals surface area contributed by atoms with Gasteiger partial charge in [0.1, 0.15) is 11.6 Å². The molecule has 79 heavy (non-hydrogen) atoms. The van der Waals surface area contributed by atoms with Crippen LogP contribution in [0.4, 0.5) is 0 Å². The van der Waals surface area contributed by atoms with E-state index in [0.717, 1.165) is 50.3 Å². The van der Waals surface area contributed by atoms with Gasteiger partial charge in [-0.05, 0) is 77.9 Å². The fourth-order valence-electron chi connectivity index (χ4n) is 12.8. The van der Waals surface area contributed by atoms with Crippen molar-refractivity contribution in [3.05, 3.63) is 303 Å². The lowest BCUT2D eigenvalue weighted by Gasteiger charge is -2.34. The van der Waals surface area contributed by atoms with Gasteiger partial charge in [0.25, 0.3) is 0 Å². The van der Waals surface area contributed by atoms with Gasteiger partial charge in [-0.2, -0.15) is 0 Å². The summed E-state index contributed by atoms with van der Waals surface area (Å²) in [6.07, 6.45) is 0. The summed E-state index contributed by atoms with van der Waals surface area (Å²) in [6.45, 7) is 0. The van der Waals surface area contributed by atoms with Crippen LogP contribution in [0.1, 0.15) is 0 Å². The summed E-state index contributed by atoms with van der Waals surface area (Å²) in [5.74, 6) is 2.87. The molecule has 0 amide bonds. The molecule has 0 fully saturated rings. The molecule has 0 aliphatic rings. The molecule has 4 aromatic heterocycles. The van der Waals surface area contributed by atoms with Gasteiger partial charge in [0.15, 0.2) is 22.0 Å². The number of hydrogen-bond acceptors (Lipinski definition) is 3. The third kappa shape index (κ3) is 7.26. The van der Waals surface area contributed by atoms with Crippen molar-refractivity contribution in [2.75, 3.05) is 0 Å². The molecule has 0 aliphatic carbocycles. The summed E-state index contributed by atoms with van der Waals surface area (Å²) >= 11 is 0. The Hall–Kier alpha value is -10.00. The van der Waals surface area contributed by atoms with Crippen molar-refractivity contribution in [1.29, 1.82) is 0 Å². The fraction of sp³-hybridized carbons (Fsp3) is 0. The number of imidazole rings is 2. The molecule has 0 spiro atoms. The monoisotopic (exact) mass is 1040 g/mol. The summed E-state index contributed by atoms with van der Waals surface area (Å²) in [5, 5.41) is 12.7. The molecule has 11 aromatic carbocycles. The average molecular weight is 1040 g/mol. The van der Waals surface area contributed by atoms with Crippen molar-refractivity contribution in [3.63, 3.8) is 0 Å². The van der Waals surface area contributed by atoms with Crippen molar-refractivity contribution >= 4 is 107 Å². The van der Waals surface area contributed by atoms with Gasteiger partial charge in [-0.15, -0.1) is 0 Å². The number of nitrogens with zero attached hydrogens (tertiary/aromatic N) is 6. The van der Waals surface area contributed by atoms with Crippen molar-refractivity contribution < 1.29 is 0 Å². The van der Waals surface area contributed by atoms with E-state index < -0.39 is 16.1 Å². The smallest absolute Gasteiger partial charge is 0.221 e. The lowest BCUT2D eigenvalue weighted by Crippen LogP contribution is -2.74. The van der Waals surface area contributed by atoms with Crippen LogP contribution < -0.4 is 41.5 Å². The number of aromatic nitrogens is 6. The predicted molar refractivity (Wildman–Crippen MR) is 332 cm³/mol. The first-order valence-corrected chi connectivity index (χ1v) is 30.9. The first-order chi connectivity index (χ1) is 39.2. The predicted octanol–water partition coefficient (Wildman–Crippen LogP) is 10.7. The zero-order chi connectivity index (χ0) is 52.3. The molecule has 0 N–H and O–H groups in total. The minimum atomic E-state index is -3.01. The molecule has 0 atom stereocenters. The van der Waals surface area contributed by atoms with Crippen molar-refractivity contribution in [1.82, 2.24) is 28.5 Å². The molecular weight excluding hydrogens is 993 g/mol. The van der Waals surface area contributed by atoms with E-state index in [1.807, 2.05) is 6.07 Å². The molecule has 4 heterocycles. The van der Waals surface area contributed by atoms with Crippen molar-refractivity contribution in [3.8, 4) is 23.0 Å². The summed E-state index contributed by atoms with van der Waals surface area (Å²) in [4.78, 5) is 16.7. The number of para-hydroxylation sites is 2. The number of benzene rings is 11. The molecule has 0 bridgehead atoms. The Balaban J connectivity index is 1.09. The van der Waals surface area contributed by atoms with Gasteiger partial charge < -0.3 is 0 Å². The third-order valence-electron chi connectivity index (χ3n) is 16.2. The van der Waals surface area contributed by atoms with Gasteiger partial charge in [-0.1, -0.05) is 261 Å². The summed E-state index contributed by atoms with van der Waals surface area (Å²) in [7, 11) is -5.98. The van der Waals surface area contributed by atoms with Crippen LogP contribution >= 0.6 is 0 Å². The van der Waals surface area contributed by atoms with E-state index in [1.54, 1.807) is 0 Å². The highest BCUT2D eigenvalue weighted by Gasteiger charge is 2.43. The summed E-state index contributed by atoms with van der Waals surface area (Å²) < 4.78 is 6.98. The molecule has 0 radical (unpaired) electrons. The Morgan fingerprint density at radius 2 is 0.620 bits per heavy atom. The molecule has 15 aromatic rings. The van der Waals surface area contributed by atoms with E-state index in [9.17, 15) is 0 Å². The Bertz CT molecular complexity index is 4450. The Morgan fingerprint density at radius 1 is 0.253 bits per heavy atom. The van der Waals surface area contributed by atoms with E-state index >= 15 is 0 Å². The molecule has 6 nitrogen and oxygen atoms in total. The highest BCUT2D eigenvalue weighted by atomic mass is 28.3. The van der Waals surface area contributed by atoms with Crippen LogP contribution in [0.15, 0.2) is 303 Å². The highest BCUT2D eigenvalue weighted by Crippen LogP contribution is 2.35. The minimum absolute atomic E-state index is 0.623. The number of fused-ring (bicyclic) bond motifs is 8. The van der Waals surface area contributed by atoms with E-state index in [2.05, 4.69) is 311 Å². The van der Waals surface area contributed by atoms with Gasteiger partial charge in [0.05, 0.1) is 33.1 Å². The maximum atomic E-state index is 5.72. The Morgan fingerprint density at radius 3 is 1.06 bits per heavy atom. The normalized spacial score (nSPS) is 12.1. The minimum Gasteiger partial charge on any atom is -0.294 e. The summed E-state index contributed by atoms with van der Waals surface area (Å²) in [5.41, 5.74) is 7.02. The van der Waals surface area contributed by atoms with Gasteiger partial charge >= 0.3 is 0 Å². The third-order valence-corrected chi connectivity index (χ3v) is 25.7. The van der Waals surface area contributed by atoms with Crippen molar-refractivity contribution in [2.24, 2.45) is 0 Å². The van der Waals surface area contributed by atoms with Crippen LogP contribution in [0.5, 0.6) is 0 Å². The molecule has 0 unspecified atom stereocenters. The van der Waals surface area contributed by atoms with Crippen LogP contribution in [0.3, 0.4) is 0 Å². The maximum absolute atomic E-state index is 5.72. The largest absolute Gasteiger partial charge is 0.294 e. The SMILES string of the molecule is c1ccc(-c2nc(-n3c4ccccc4c4ccccc43)cc(-n3c4ccc([Si](c5ccccc5)(c5ccccc5)c5ccccc5)cc4n4c5cc([Si](c6ccccc6)(c6ccccc6)c6ccccc6)ccc5nc34)n2)cc1.